The van der Waals surface area contributed by atoms with Crippen LogP contribution in [0.4, 0.5) is 0 Å². The SMILES string of the molecule is CSCCC(=O)N1C[C@@H]2NC(=O)CCCNC(=O)c3cc(cc(C(=O)O)c3)Oc3cccc(c3)CO[C@H]2C1. The molecule has 38 heavy (non-hydrogen) atoms. The van der Waals surface area contributed by atoms with Crippen molar-refractivity contribution in [3.8, 4) is 11.5 Å². The second kappa shape index (κ2) is 12.8. The van der Waals surface area contributed by atoms with Gasteiger partial charge >= 0.3 is 5.97 Å². The maximum Gasteiger partial charge on any atom is 0.335 e. The molecule has 0 radical (unpaired) electrons. The lowest BCUT2D eigenvalue weighted by Gasteiger charge is -2.20. The van der Waals surface area contributed by atoms with Crippen LogP contribution in [0.15, 0.2) is 42.5 Å². The number of nitrogens with zero attached hydrogens (tertiary/aromatic N) is 1. The zero-order valence-electron chi connectivity index (χ0n) is 21.1. The third kappa shape index (κ3) is 7.26. The number of likely N-dealkylation sites (tertiary alicyclic amines) is 1. The van der Waals surface area contributed by atoms with Crippen LogP contribution in [-0.2, 0) is 20.9 Å². The Kier molecular flexibility index (Phi) is 9.24. The van der Waals surface area contributed by atoms with Crippen molar-refractivity contribution in [2.75, 3.05) is 31.6 Å². The van der Waals surface area contributed by atoms with Crippen molar-refractivity contribution in [3.63, 3.8) is 0 Å². The summed E-state index contributed by atoms with van der Waals surface area (Å²) in [6, 6.07) is 10.9. The van der Waals surface area contributed by atoms with Gasteiger partial charge in [-0.3, -0.25) is 14.4 Å². The summed E-state index contributed by atoms with van der Waals surface area (Å²) >= 11 is 1.61. The number of amides is 3. The van der Waals surface area contributed by atoms with Gasteiger partial charge in [-0.05, 0) is 48.6 Å². The third-order valence-corrected chi connectivity index (χ3v) is 6.98. The predicted octanol–water partition coefficient (Wildman–Crippen LogP) is 2.67. The second-order valence-corrected chi connectivity index (χ2v) is 10.2. The molecule has 1 saturated heterocycles. The molecule has 4 bridgehead atoms. The van der Waals surface area contributed by atoms with Gasteiger partial charge in [0.05, 0.1) is 24.3 Å². The van der Waals surface area contributed by atoms with E-state index in [2.05, 4.69) is 10.6 Å². The normalized spacial score (nSPS) is 20.3. The number of nitrogens with one attached hydrogen (secondary N) is 2. The van der Waals surface area contributed by atoms with Gasteiger partial charge in [-0.15, -0.1) is 0 Å². The molecule has 0 aliphatic carbocycles. The van der Waals surface area contributed by atoms with Gasteiger partial charge in [0.1, 0.15) is 11.5 Å². The minimum atomic E-state index is -1.18. The lowest BCUT2D eigenvalue weighted by Crippen LogP contribution is -2.44. The summed E-state index contributed by atoms with van der Waals surface area (Å²) in [5, 5.41) is 15.2. The standard InChI is InChI=1S/C27H31N3O7S/c1-38-9-7-25(32)30-14-22-23(15-30)36-16-17-4-2-5-20(10-17)37-21-12-18(11-19(13-21)27(34)35)26(33)28-8-3-6-24(31)29-22/h2,4-5,10-13,22-23H,3,6-9,14-16H2,1H3,(H,28,33)(H,29,31)(H,34,35)/t22-,23-/m0/s1. The Bertz CT molecular complexity index is 1200. The van der Waals surface area contributed by atoms with Crippen LogP contribution in [0.1, 0.15) is 45.5 Å². The average molecular weight is 542 g/mol. The number of hydrogen-bond donors (Lipinski definition) is 3. The summed E-state index contributed by atoms with van der Waals surface area (Å²) < 4.78 is 12.1. The first-order chi connectivity index (χ1) is 18.3. The van der Waals surface area contributed by atoms with E-state index in [4.69, 9.17) is 9.47 Å². The molecule has 0 saturated carbocycles. The molecule has 2 heterocycles. The van der Waals surface area contributed by atoms with E-state index in [1.54, 1.807) is 34.9 Å². The summed E-state index contributed by atoms with van der Waals surface area (Å²) in [5.41, 5.74) is 0.864. The van der Waals surface area contributed by atoms with Gasteiger partial charge < -0.3 is 30.1 Å². The molecule has 0 unspecified atom stereocenters. The molecule has 2 aliphatic rings. The fourth-order valence-electron chi connectivity index (χ4n) is 4.42. The van der Waals surface area contributed by atoms with E-state index in [1.807, 2.05) is 12.3 Å². The third-order valence-electron chi connectivity index (χ3n) is 6.37. The van der Waals surface area contributed by atoms with E-state index in [1.165, 1.54) is 18.2 Å². The van der Waals surface area contributed by atoms with Crippen LogP contribution in [0.3, 0.4) is 0 Å². The van der Waals surface area contributed by atoms with Gasteiger partial charge in [-0.25, -0.2) is 4.79 Å². The number of rotatable bonds is 4. The van der Waals surface area contributed by atoms with Crippen molar-refractivity contribution in [2.45, 2.75) is 38.0 Å². The fraction of sp³-hybridized carbons (Fsp3) is 0.407. The number of ether oxygens (including phenoxy) is 2. The maximum absolute atomic E-state index is 12.7. The molecule has 1 fully saturated rings. The van der Waals surface area contributed by atoms with E-state index >= 15 is 0 Å². The molecule has 2 aliphatic heterocycles. The van der Waals surface area contributed by atoms with Gasteiger partial charge in [-0.1, -0.05) is 12.1 Å². The minimum absolute atomic E-state index is 0.0312. The quantitative estimate of drug-likeness (QED) is 0.538. The van der Waals surface area contributed by atoms with Crippen molar-refractivity contribution in [1.82, 2.24) is 15.5 Å². The molecule has 2 aromatic rings. The fourth-order valence-corrected chi connectivity index (χ4v) is 4.79. The van der Waals surface area contributed by atoms with Gasteiger partial charge in [0, 0.05) is 43.8 Å². The number of hydrogen-bond acceptors (Lipinski definition) is 7. The Labute approximate surface area is 225 Å². The largest absolute Gasteiger partial charge is 0.478 e. The highest BCUT2D eigenvalue weighted by atomic mass is 32.2. The van der Waals surface area contributed by atoms with Gasteiger partial charge in [0.25, 0.3) is 5.91 Å². The lowest BCUT2D eigenvalue weighted by atomic mass is 10.1. The number of carbonyl (C=O) groups is 4. The summed E-state index contributed by atoms with van der Waals surface area (Å²) in [6.07, 6.45) is 2.57. The molecular weight excluding hydrogens is 510 g/mol. The van der Waals surface area contributed by atoms with Crippen molar-refractivity contribution in [2.24, 2.45) is 0 Å². The van der Waals surface area contributed by atoms with Gasteiger partial charge in [0.2, 0.25) is 11.8 Å². The van der Waals surface area contributed by atoms with Crippen LogP contribution >= 0.6 is 11.8 Å². The Morgan fingerprint density at radius 2 is 1.97 bits per heavy atom. The second-order valence-electron chi connectivity index (χ2n) is 9.23. The van der Waals surface area contributed by atoms with E-state index < -0.39 is 11.9 Å². The van der Waals surface area contributed by atoms with Crippen LogP contribution in [0.5, 0.6) is 11.5 Å². The van der Waals surface area contributed by atoms with Crippen LogP contribution in [-0.4, -0.2) is 77.5 Å². The molecule has 3 N–H and O–H groups in total. The minimum Gasteiger partial charge on any atom is -0.478 e. The molecule has 202 valence electrons. The monoisotopic (exact) mass is 541 g/mol. The maximum atomic E-state index is 12.7. The highest BCUT2D eigenvalue weighted by molar-refractivity contribution is 7.98. The van der Waals surface area contributed by atoms with Crippen molar-refractivity contribution >= 4 is 35.5 Å². The molecular formula is C27H31N3O7S. The Balaban J connectivity index is 1.57. The molecule has 2 atom stereocenters. The van der Waals surface area contributed by atoms with Crippen molar-refractivity contribution in [1.29, 1.82) is 0 Å². The Hall–Kier alpha value is -3.57. The van der Waals surface area contributed by atoms with Crippen molar-refractivity contribution in [3.05, 3.63) is 59.2 Å². The topological polar surface area (TPSA) is 134 Å². The first kappa shape index (κ1) is 27.5. The van der Waals surface area contributed by atoms with E-state index in [0.29, 0.717) is 31.7 Å². The van der Waals surface area contributed by atoms with Crippen LogP contribution in [0.2, 0.25) is 0 Å². The van der Waals surface area contributed by atoms with Crippen molar-refractivity contribution < 1.29 is 33.8 Å². The Morgan fingerprint density at radius 1 is 1.13 bits per heavy atom. The average Bonchev–Trinajstić information content (AvgIpc) is 3.30. The Morgan fingerprint density at radius 3 is 2.76 bits per heavy atom. The number of thioether (sulfide) groups is 1. The highest BCUT2D eigenvalue weighted by Crippen LogP contribution is 2.26. The summed E-state index contributed by atoms with van der Waals surface area (Å²) in [5.74, 6) is -0.413. The van der Waals surface area contributed by atoms with E-state index in [0.717, 1.165) is 11.3 Å². The first-order valence-electron chi connectivity index (χ1n) is 12.4. The summed E-state index contributed by atoms with van der Waals surface area (Å²) in [7, 11) is 0. The van der Waals surface area contributed by atoms with E-state index in [9.17, 15) is 24.3 Å². The number of carboxylic acids is 1. The predicted molar refractivity (Wildman–Crippen MR) is 142 cm³/mol. The number of carbonyl (C=O) groups excluding carboxylic acids is 3. The summed E-state index contributed by atoms with van der Waals surface area (Å²) in [4.78, 5) is 51.4. The highest BCUT2D eigenvalue weighted by Gasteiger charge is 2.36. The van der Waals surface area contributed by atoms with Crippen LogP contribution in [0, 0.1) is 0 Å². The zero-order chi connectivity index (χ0) is 27.1. The molecule has 10 nitrogen and oxygen atoms in total. The molecule has 11 heteroatoms. The molecule has 4 rings (SSSR count). The molecule has 3 amide bonds. The van der Waals surface area contributed by atoms with E-state index in [-0.39, 0.29) is 60.4 Å². The lowest BCUT2D eigenvalue weighted by molar-refractivity contribution is -0.130. The zero-order valence-corrected chi connectivity index (χ0v) is 21.9. The smallest absolute Gasteiger partial charge is 0.335 e. The van der Waals surface area contributed by atoms with Gasteiger partial charge in [0.15, 0.2) is 0 Å². The molecule has 0 spiro atoms. The first-order valence-corrected chi connectivity index (χ1v) is 13.8. The van der Waals surface area contributed by atoms with Gasteiger partial charge in [-0.2, -0.15) is 11.8 Å². The molecule has 0 aromatic heterocycles. The molecule has 2 aromatic carbocycles. The van der Waals surface area contributed by atoms with Crippen LogP contribution in [0.25, 0.3) is 0 Å². The number of benzene rings is 2. The number of carboxylic acid groups (broad SMARTS) is 1. The number of aromatic carboxylic acids is 1. The number of fused-ring (bicyclic) bond motifs is 5. The summed E-state index contributed by atoms with van der Waals surface area (Å²) in [6.45, 7) is 1.22. The van der Waals surface area contributed by atoms with Crippen LogP contribution < -0.4 is 15.4 Å².